The molecular weight excluding hydrogens is 408 g/mol. The first kappa shape index (κ1) is 21.3. The van der Waals surface area contributed by atoms with E-state index in [0.717, 1.165) is 37.0 Å². The zero-order valence-electron chi connectivity index (χ0n) is 18.6. The summed E-state index contributed by atoms with van der Waals surface area (Å²) in [6, 6.07) is 7.39. The maximum Gasteiger partial charge on any atom is 0.253 e. The second kappa shape index (κ2) is 8.42. The van der Waals surface area contributed by atoms with Crippen LogP contribution in [0.1, 0.15) is 75.1 Å². The van der Waals surface area contributed by atoms with Crippen LogP contribution in [0.15, 0.2) is 24.3 Å². The van der Waals surface area contributed by atoms with Crippen molar-refractivity contribution >= 4 is 23.4 Å². The highest BCUT2D eigenvalue weighted by Gasteiger charge is 2.54. The zero-order valence-corrected chi connectivity index (χ0v) is 19.4. The fraction of sp³-hybridized carbons (Fsp3) is 0.692. The molecule has 1 aromatic rings. The topological polar surface area (TPSA) is 49.4 Å². The first-order valence-corrected chi connectivity index (χ1v) is 12.7. The molecule has 1 heterocycles. The van der Waals surface area contributed by atoms with Crippen LogP contribution in [0.2, 0.25) is 5.02 Å². The number of rotatable bonds is 5. The number of halogens is 1. The molecule has 5 aliphatic rings. The smallest absolute Gasteiger partial charge is 0.253 e. The lowest BCUT2D eigenvalue weighted by molar-refractivity contribution is -0.131. The van der Waals surface area contributed by atoms with Gasteiger partial charge in [0.2, 0.25) is 5.91 Å². The van der Waals surface area contributed by atoms with Gasteiger partial charge in [-0.2, -0.15) is 0 Å². The minimum Gasteiger partial charge on any atom is -0.353 e. The van der Waals surface area contributed by atoms with E-state index >= 15 is 0 Å². The Hall–Kier alpha value is -1.55. The zero-order chi connectivity index (χ0) is 21.6. The molecule has 4 saturated carbocycles. The Balaban J connectivity index is 1.18. The standard InChI is InChI=1S/C26H35ClN2O2/c1-2-23(26-14-17-11-18(15-26)13-19(12-17)16-26)28-24(30)20-7-9-29(10-8-20)25(31)21-3-5-22(27)6-4-21/h3-6,17-20,23H,2,7-16H2,1H3,(H,28,30)/t17?,18?,19?,23-,26?/m0/s1. The van der Waals surface area contributed by atoms with Crippen LogP contribution >= 0.6 is 11.6 Å². The Kier molecular flexibility index (Phi) is 5.79. The summed E-state index contributed by atoms with van der Waals surface area (Å²) in [5, 5.41) is 4.15. The molecule has 2 amide bonds. The first-order valence-electron chi connectivity index (χ1n) is 12.3. The molecular formula is C26H35ClN2O2. The van der Waals surface area contributed by atoms with Crippen LogP contribution in [0.3, 0.4) is 0 Å². The summed E-state index contributed by atoms with van der Waals surface area (Å²) in [7, 11) is 0. The number of nitrogens with one attached hydrogen (secondary N) is 1. The molecule has 6 rings (SSSR count). The molecule has 1 N–H and O–H groups in total. The van der Waals surface area contributed by atoms with Gasteiger partial charge in [0.15, 0.2) is 0 Å². The van der Waals surface area contributed by atoms with Gasteiger partial charge in [0.25, 0.3) is 5.91 Å². The summed E-state index contributed by atoms with van der Waals surface area (Å²) >= 11 is 5.94. The summed E-state index contributed by atoms with van der Waals surface area (Å²) in [6.45, 7) is 3.54. The van der Waals surface area contributed by atoms with E-state index in [0.29, 0.717) is 35.1 Å². The van der Waals surface area contributed by atoms with Crippen LogP contribution in [-0.4, -0.2) is 35.8 Å². The number of carbonyl (C=O) groups excluding carboxylic acids is 2. The molecule has 4 aliphatic carbocycles. The number of nitrogens with zero attached hydrogens (tertiary/aromatic N) is 1. The van der Waals surface area contributed by atoms with Gasteiger partial charge in [-0.25, -0.2) is 0 Å². The lowest BCUT2D eigenvalue weighted by Gasteiger charge is -2.59. The molecule has 1 saturated heterocycles. The summed E-state index contributed by atoms with van der Waals surface area (Å²) in [5.74, 6) is 2.99. The summed E-state index contributed by atoms with van der Waals surface area (Å²) in [4.78, 5) is 27.8. The van der Waals surface area contributed by atoms with E-state index in [-0.39, 0.29) is 17.7 Å². The Morgan fingerprint density at radius 3 is 2.10 bits per heavy atom. The van der Waals surface area contributed by atoms with Crippen molar-refractivity contribution in [1.29, 1.82) is 0 Å². The third-order valence-corrected chi connectivity index (χ3v) is 9.05. The van der Waals surface area contributed by atoms with Gasteiger partial charge < -0.3 is 10.2 Å². The Labute approximate surface area is 191 Å². The predicted molar refractivity (Wildman–Crippen MR) is 123 cm³/mol. The van der Waals surface area contributed by atoms with Gasteiger partial charge in [0.05, 0.1) is 0 Å². The first-order chi connectivity index (χ1) is 15.0. The third-order valence-electron chi connectivity index (χ3n) is 8.79. The van der Waals surface area contributed by atoms with Crippen LogP contribution in [-0.2, 0) is 4.79 Å². The minimum atomic E-state index is 0.0252. The lowest BCUT2D eigenvalue weighted by atomic mass is 9.47. The molecule has 168 valence electrons. The van der Waals surface area contributed by atoms with Gasteiger partial charge in [-0.3, -0.25) is 9.59 Å². The maximum absolute atomic E-state index is 13.2. The fourth-order valence-electron chi connectivity index (χ4n) is 7.70. The summed E-state index contributed by atoms with van der Waals surface area (Å²) in [6.07, 6.45) is 10.8. The van der Waals surface area contributed by atoms with Crippen molar-refractivity contribution in [3.63, 3.8) is 0 Å². The van der Waals surface area contributed by atoms with Crippen molar-refractivity contribution in [2.24, 2.45) is 29.1 Å². The van der Waals surface area contributed by atoms with Crippen molar-refractivity contribution in [2.45, 2.75) is 70.8 Å². The van der Waals surface area contributed by atoms with E-state index in [4.69, 9.17) is 11.6 Å². The number of likely N-dealkylation sites (tertiary alicyclic amines) is 1. The average molecular weight is 443 g/mol. The molecule has 5 heteroatoms. The van der Waals surface area contributed by atoms with Crippen LogP contribution < -0.4 is 5.32 Å². The van der Waals surface area contributed by atoms with E-state index in [2.05, 4.69) is 12.2 Å². The van der Waals surface area contributed by atoms with Crippen molar-refractivity contribution < 1.29 is 9.59 Å². The molecule has 1 aliphatic heterocycles. The van der Waals surface area contributed by atoms with Gasteiger partial charge in [0, 0.05) is 35.6 Å². The van der Waals surface area contributed by atoms with Gasteiger partial charge >= 0.3 is 0 Å². The van der Waals surface area contributed by atoms with E-state index in [1.807, 2.05) is 4.90 Å². The third kappa shape index (κ3) is 4.13. The molecule has 31 heavy (non-hydrogen) atoms. The van der Waals surface area contributed by atoms with Crippen LogP contribution in [0.4, 0.5) is 0 Å². The minimum absolute atomic E-state index is 0.0252. The Morgan fingerprint density at radius 2 is 1.58 bits per heavy atom. The highest BCUT2D eigenvalue weighted by atomic mass is 35.5. The molecule has 0 unspecified atom stereocenters. The lowest BCUT2D eigenvalue weighted by Crippen LogP contribution is -2.57. The number of hydrogen-bond acceptors (Lipinski definition) is 2. The molecule has 0 radical (unpaired) electrons. The number of amides is 2. The predicted octanol–water partition coefficient (Wildman–Crippen LogP) is 5.30. The van der Waals surface area contributed by atoms with Gasteiger partial charge in [-0.05, 0) is 105 Å². The van der Waals surface area contributed by atoms with Gasteiger partial charge in [0.1, 0.15) is 0 Å². The monoisotopic (exact) mass is 442 g/mol. The van der Waals surface area contributed by atoms with Crippen LogP contribution in [0.5, 0.6) is 0 Å². The van der Waals surface area contributed by atoms with E-state index in [1.165, 1.54) is 38.5 Å². The Morgan fingerprint density at radius 1 is 1.03 bits per heavy atom. The fourth-order valence-corrected chi connectivity index (χ4v) is 7.83. The molecule has 4 bridgehead atoms. The molecule has 1 atom stereocenters. The average Bonchev–Trinajstić information content (AvgIpc) is 2.76. The summed E-state index contributed by atoms with van der Waals surface area (Å²) in [5.41, 5.74) is 1.02. The number of benzene rings is 1. The summed E-state index contributed by atoms with van der Waals surface area (Å²) < 4.78 is 0. The van der Waals surface area contributed by atoms with Crippen LogP contribution in [0.25, 0.3) is 0 Å². The number of hydrogen-bond donors (Lipinski definition) is 1. The van der Waals surface area contributed by atoms with Gasteiger partial charge in [-0.1, -0.05) is 18.5 Å². The van der Waals surface area contributed by atoms with E-state index < -0.39 is 0 Å². The quantitative estimate of drug-likeness (QED) is 0.672. The molecule has 1 aromatic carbocycles. The van der Waals surface area contributed by atoms with Crippen molar-refractivity contribution in [1.82, 2.24) is 10.2 Å². The second-order valence-corrected chi connectivity index (χ2v) is 11.3. The molecule has 0 spiro atoms. The van der Waals surface area contributed by atoms with E-state index in [1.54, 1.807) is 24.3 Å². The maximum atomic E-state index is 13.2. The Bertz CT molecular complexity index is 793. The number of piperidine rings is 1. The van der Waals surface area contributed by atoms with Crippen molar-refractivity contribution in [3.05, 3.63) is 34.9 Å². The van der Waals surface area contributed by atoms with Gasteiger partial charge in [-0.15, -0.1) is 0 Å². The van der Waals surface area contributed by atoms with Crippen LogP contribution in [0, 0.1) is 29.1 Å². The number of carbonyl (C=O) groups is 2. The van der Waals surface area contributed by atoms with Crippen molar-refractivity contribution in [2.75, 3.05) is 13.1 Å². The highest BCUT2D eigenvalue weighted by Crippen LogP contribution is 2.61. The molecule has 0 aromatic heterocycles. The second-order valence-electron chi connectivity index (χ2n) is 10.8. The molecule has 4 nitrogen and oxygen atoms in total. The molecule has 5 fully saturated rings. The van der Waals surface area contributed by atoms with E-state index in [9.17, 15) is 9.59 Å². The normalized spacial score (nSPS) is 33.4. The van der Waals surface area contributed by atoms with Crippen molar-refractivity contribution in [3.8, 4) is 0 Å². The highest BCUT2D eigenvalue weighted by molar-refractivity contribution is 6.30. The largest absolute Gasteiger partial charge is 0.353 e. The SMILES string of the molecule is CC[C@H](NC(=O)C1CCN(C(=O)c2ccc(Cl)cc2)CC1)C12CC3CC(CC(C3)C1)C2.